The number of imidazole rings is 1. The molecule has 4 aromatic rings. The van der Waals surface area contributed by atoms with Gasteiger partial charge in [0, 0.05) is 37.1 Å². The van der Waals surface area contributed by atoms with Crippen molar-refractivity contribution in [1.29, 1.82) is 0 Å². The highest BCUT2D eigenvalue weighted by atomic mass is 16.5. The van der Waals surface area contributed by atoms with Crippen molar-refractivity contribution in [3.05, 3.63) is 54.0 Å². The fourth-order valence-corrected chi connectivity index (χ4v) is 4.79. The Morgan fingerprint density at radius 3 is 3.00 bits per heavy atom. The van der Waals surface area contributed by atoms with Gasteiger partial charge in [-0.3, -0.25) is 9.20 Å². The number of hydrogen-bond donors (Lipinski definition) is 1. The Hall–Kier alpha value is -3.59. The molecule has 0 radical (unpaired) electrons. The van der Waals surface area contributed by atoms with Crippen molar-refractivity contribution in [2.45, 2.75) is 18.9 Å². The summed E-state index contributed by atoms with van der Waals surface area (Å²) in [5.41, 5.74) is 3.74. The summed E-state index contributed by atoms with van der Waals surface area (Å²) in [5.74, 6) is 1.73. The normalized spacial score (nSPS) is 20.2. The maximum Gasteiger partial charge on any atom is 0.278 e. The molecule has 0 spiro atoms. The molecule has 1 N–H and O–H groups in total. The van der Waals surface area contributed by atoms with Gasteiger partial charge in [0.1, 0.15) is 5.69 Å². The molecule has 1 aliphatic carbocycles. The summed E-state index contributed by atoms with van der Waals surface area (Å²) in [7, 11) is 0. The molecule has 0 unspecified atom stereocenters. The number of carbonyl (C=O) groups is 1. The number of fused-ring (bicyclic) bond motifs is 4. The maximum absolute atomic E-state index is 12.3. The van der Waals surface area contributed by atoms with Gasteiger partial charge < -0.3 is 14.5 Å². The third kappa shape index (κ3) is 2.48. The molecule has 1 aliphatic heterocycles. The zero-order valence-corrected chi connectivity index (χ0v) is 16.0. The summed E-state index contributed by atoms with van der Waals surface area (Å²) < 4.78 is 7.30. The maximum atomic E-state index is 12.3. The SMILES string of the molecule is O=C1C[C@H]2Cc3c(-c4noc(-c5cn6cccnc6n5)n4)cccc3[C@H]2N1CCO. The number of hydrogen-bond acceptors (Lipinski definition) is 7. The van der Waals surface area contributed by atoms with Crippen LogP contribution in [0.25, 0.3) is 28.8 Å². The molecule has 0 bridgehead atoms. The van der Waals surface area contributed by atoms with Crippen LogP contribution in [0, 0.1) is 5.92 Å². The van der Waals surface area contributed by atoms with Crippen molar-refractivity contribution in [3.8, 4) is 23.0 Å². The number of nitrogens with zero attached hydrogens (tertiary/aromatic N) is 6. The summed E-state index contributed by atoms with van der Waals surface area (Å²) in [6.07, 6.45) is 6.63. The first kappa shape index (κ1) is 17.3. The van der Waals surface area contributed by atoms with Gasteiger partial charge in [-0.2, -0.15) is 4.98 Å². The fraction of sp³-hybridized carbons (Fsp3) is 0.286. The van der Waals surface area contributed by atoms with Gasteiger partial charge in [0.2, 0.25) is 17.5 Å². The highest BCUT2D eigenvalue weighted by molar-refractivity contribution is 5.81. The van der Waals surface area contributed by atoms with E-state index in [9.17, 15) is 9.90 Å². The topological polar surface area (TPSA) is 110 Å². The number of β-amino-alcohol motifs (C(OH)–C–C–N with tert-alkyl or cyclic N) is 1. The van der Waals surface area contributed by atoms with Crippen molar-refractivity contribution in [2.75, 3.05) is 13.2 Å². The quantitative estimate of drug-likeness (QED) is 0.555. The molecular formula is C21H18N6O3. The van der Waals surface area contributed by atoms with Gasteiger partial charge >= 0.3 is 0 Å². The van der Waals surface area contributed by atoms with Crippen LogP contribution in [0.2, 0.25) is 0 Å². The number of amides is 1. The van der Waals surface area contributed by atoms with E-state index in [0.717, 1.165) is 23.1 Å². The number of aliphatic hydroxyl groups excluding tert-OH is 1. The van der Waals surface area contributed by atoms with Gasteiger partial charge in [-0.25, -0.2) is 9.97 Å². The highest BCUT2D eigenvalue weighted by Crippen LogP contribution is 2.49. The molecule has 2 aliphatic rings. The molecule has 9 heteroatoms. The molecule has 3 aromatic heterocycles. The van der Waals surface area contributed by atoms with Gasteiger partial charge in [-0.15, -0.1) is 0 Å². The molecule has 6 rings (SSSR count). The summed E-state index contributed by atoms with van der Waals surface area (Å²) in [4.78, 5) is 27.4. The van der Waals surface area contributed by atoms with Crippen LogP contribution in [-0.2, 0) is 11.2 Å². The summed E-state index contributed by atoms with van der Waals surface area (Å²) in [6, 6.07) is 7.84. The lowest BCUT2D eigenvalue weighted by Crippen LogP contribution is -2.30. The molecule has 1 saturated heterocycles. The molecule has 4 heterocycles. The van der Waals surface area contributed by atoms with Crippen molar-refractivity contribution in [1.82, 2.24) is 29.4 Å². The molecule has 1 amide bonds. The molecule has 30 heavy (non-hydrogen) atoms. The van der Waals surface area contributed by atoms with Crippen molar-refractivity contribution in [3.63, 3.8) is 0 Å². The van der Waals surface area contributed by atoms with Gasteiger partial charge in [0.25, 0.3) is 5.89 Å². The van der Waals surface area contributed by atoms with E-state index in [0.29, 0.717) is 36.2 Å². The number of benzene rings is 1. The van der Waals surface area contributed by atoms with Gasteiger partial charge in [0.15, 0.2) is 0 Å². The standard InChI is InChI=1S/C21H18N6O3/c28-8-7-27-17(29)10-12-9-15-13(18(12)27)3-1-4-14(15)19-24-20(30-25-19)16-11-26-6-2-5-22-21(26)23-16/h1-6,11-12,18,28H,7-10H2/t12-,18+/m1/s1. The second-order valence-corrected chi connectivity index (χ2v) is 7.67. The third-order valence-electron chi connectivity index (χ3n) is 6.00. The molecular weight excluding hydrogens is 384 g/mol. The van der Waals surface area contributed by atoms with E-state index in [1.54, 1.807) is 21.7 Å². The van der Waals surface area contributed by atoms with Crippen molar-refractivity contribution < 1.29 is 14.4 Å². The number of carbonyl (C=O) groups excluding carboxylic acids is 1. The van der Waals surface area contributed by atoms with Crippen LogP contribution in [0.5, 0.6) is 0 Å². The largest absolute Gasteiger partial charge is 0.395 e. The Morgan fingerprint density at radius 2 is 2.13 bits per heavy atom. The lowest BCUT2D eigenvalue weighted by Gasteiger charge is -2.24. The first-order valence-corrected chi connectivity index (χ1v) is 9.89. The average Bonchev–Trinajstić information content (AvgIpc) is 3.51. The van der Waals surface area contributed by atoms with E-state index in [1.165, 1.54) is 0 Å². The number of aromatic nitrogens is 5. The number of likely N-dealkylation sites (tertiary alicyclic amines) is 1. The average molecular weight is 402 g/mol. The van der Waals surface area contributed by atoms with Crippen LogP contribution in [0.3, 0.4) is 0 Å². The van der Waals surface area contributed by atoms with E-state index in [1.807, 2.05) is 24.4 Å². The summed E-state index contributed by atoms with van der Waals surface area (Å²) >= 11 is 0. The lowest BCUT2D eigenvalue weighted by molar-refractivity contribution is -0.129. The lowest BCUT2D eigenvalue weighted by atomic mass is 10.0. The minimum absolute atomic E-state index is 0.00971. The van der Waals surface area contributed by atoms with Crippen LogP contribution in [-0.4, -0.2) is 53.6 Å². The van der Waals surface area contributed by atoms with Gasteiger partial charge in [-0.05, 0) is 29.5 Å². The van der Waals surface area contributed by atoms with Crippen molar-refractivity contribution in [2.24, 2.45) is 5.92 Å². The Balaban J connectivity index is 1.38. The van der Waals surface area contributed by atoms with Crippen LogP contribution < -0.4 is 0 Å². The smallest absolute Gasteiger partial charge is 0.278 e. The molecule has 2 atom stereocenters. The van der Waals surface area contributed by atoms with Gasteiger partial charge in [-0.1, -0.05) is 23.4 Å². The number of rotatable bonds is 4. The van der Waals surface area contributed by atoms with E-state index in [-0.39, 0.29) is 24.5 Å². The predicted molar refractivity (Wildman–Crippen MR) is 105 cm³/mol. The Labute approximate surface area is 171 Å². The Morgan fingerprint density at radius 1 is 1.20 bits per heavy atom. The van der Waals surface area contributed by atoms with Gasteiger partial charge in [0.05, 0.1) is 12.6 Å². The minimum atomic E-state index is -0.0357. The van der Waals surface area contributed by atoms with E-state index in [4.69, 9.17) is 4.52 Å². The van der Waals surface area contributed by atoms with Crippen LogP contribution in [0.15, 0.2) is 47.4 Å². The molecule has 150 valence electrons. The first-order valence-electron chi connectivity index (χ1n) is 9.89. The Bertz CT molecular complexity index is 1250. The molecule has 0 saturated carbocycles. The summed E-state index contributed by atoms with van der Waals surface area (Å²) in [5, 5.41) is 13.6. The predicted octanol–water partition coefficient (Wildman–Crippen LogP) is 1.88. The zero-order valence-electron chi connectivity index (χ0n) is 16.0. The van der Waals surface area contributed by atoms with Crippen molar-refractivity contribution >= 4 is 11.7 Å². The molecule has 1 aromatic carbocycles. The van der Waals surface area contributed by atoms with E-state index < -0.39 is 0 Å². The van der Waals surface area contributed by atoms with E-state index in [2.05, 4.69) is 26.2 Å². The van der Waals surface area contributed by atoms with Crippen LogP contribution in [0.4, 0.5) is 0 Å². The van der Waals surface area contributed by atoms with Crippen LogP contribution in [0.1, 0.15) is 23.6 Å². The second kappa shape index (κ2) is 6.46. The molecule has 9 nitrogen and oxygen atoms in total. The monoisotopic (exact) mass is 402 g/mol. The molecule has 1 fully saturated rings. The number of aliphatic hydroxyl groups is 1. The summed E-state index contributed by atoms with van der Waals surface area (Å²) in [6.45, 7) is 0.323. The highest BCUT2D eigenvalue weighted by Gasteiger charge is 2.46. The van der Waals surface area contributed by atoms with E-state index >= 15 is 0 Å². The minimum Gasteiger partial charge on any atom is -0.395 e. The fourth-order valence-electron chi connectivity index (χ4n) is 4.79. The first-order chi connectivity index (χ1) is 14.7. The second-order valence-electron chi connectivity index (χ2n) is 7.67. The zero-order chi connectivity index (χ0) is 20.2. The third-order valence-corrected chi connectivity index (χ3v) is 6.00. The van der Waals surface area contributed by atoms with Crippen LogP contribution >= 0.6 is 0 Å². The Kier molecular flexibility index (Phi) is 3.72.